The Hall–Kier alpha value is -0.830. The maximum Gasteiger partial charge on any atom is 0.236 e. The summed E-state index contributed by atoms with van der Waals surface area (Å²) in [6, 6.07) is 0. The highest BCUT2D eigenvalue weighted by molar-refractivity contribution is 5.78. The second-order valence-electron chi connectivity index (χ2n) is 5.32. The third kappa shape index (κ3) is 4.90. The first kappa shape index (κ1) is 14.2. The van der Waals surface area contributed by atoms with Crippen LogP contribution in [0.5, 0.6) is 0 Å². The van der Waals surface area contributed by atoms with Crippen molar-refractivity contribution < 1.29 is 4.79 Å². The van der Waals surface area contributed by atoms with Crippen molar-refractivity contribution in [1.82, 2.24) is 9.80 Å². The summed E-state index contributed by atoms with van der Waals surface area (Å²) in [4.78, 5) is 16.3. The molecule has 0 saturated carbocycles. The molecule has 1 amide bonds. The molecule has 1 rings (SSSR count). The standard InChI is InChI=1S/C14H26N2O/c1-5-15(10-12(2)3)11-14(17)16-8-6-13(4)7-9-16/h13H,2,5-11H2,1,3-4H3. The maximum absolute atomic E-state index is 12.1. The van der Waals surface area contributed by atoms with Gasteiger partial charge in [0.25, 0.3) is 0 Å². The van der Waals surface area contributed by atoms with Gasteiger partial charge in [0, 0.05) is 19.6 Å². The molecule has 0 aromatic heterocycles. The van der Waals surface area contributed by atoms with Crippen LogP contribution in [0.1, 0.15) is 33.6 Å². The molecule has 0 N–H and O–H groups in total. The van der Waals surface area contributed by atoms with Gasteiger partial charge in [-0.3, -0.25) is 9.69 Å². The van der Waals surface area contributed by atoms with Gasteiger partial charge in [0.05, 0.1) is 6.54 Å². The molecule has 3 nitrogen and oxygen atoms in total. The second kappa shape index (κ2) is 6.80. The van der Waals surface area contributed by atoms with E-state index in [1.807, 2.05) is 11.8 Å². The fraction of sp³-hybridized carbons (Fsp3) is 0.786. The molecule has 0 unspecified atom stereocenters. The minimum absolute atomic E-state index is 0.278. The SMILES string of the molecule is C=C(C)CN(CC)CC(=O)N1CCC(C)CC1. The molecule has 1 fully saturated rings. The Kier molecular flexibility index (Phi) is 5.69. The highest BCUT2D eigenvalue weighted by Crippen LogP contribution is 2.16. The highest BCUT2D eigenvalue weighted by Gasteiger charge is 2.21. The van der Waals surface area contributed by atoms with Crippen LogP contribution in [-0.2, 0) is 4.79 Å². The topological polar surface area (TPSA) is 23.6 Å². The molecule has 1 aliphatic heterocycles. The van der Waals surface area contributed by atoms with Gasteiger partial charge in [-0.2, -0.15) is 0 Å². The van der Waals surface area contributed by atoms with E-state index >= 15 is 0 Å². The molecule has 3 heteroatoms. The van der Waals surface area contributed by atoms with E-state index in [4.69, 9.17) is 0 Å². The monoisotopic (exact) mass is 238 g/mol. The van der Waals surface area contributed by atoms with Gasteiger partial charge in [-0.15, -0.1) is 0 Å². The molecule has 1 saturated heterocycles. The van der Waals surface area contributed by atoms with Crippen LogP contribution in [-0.4, -0.2) is 48.4 Å². The van der Waals surface area contributed by atoms with E-state index in [1.165, 1.54) is 0 Å². The smallest absolute Gasteiger partial charge is 0.236 e. The molecule has 17 heavy (non-hydrogen) atoms. The normalized spacial score (nSPS) is 17.5. The fourth-order valence-corrected chi connectivity index (χ4v) is 2.21. The molecule has 1 heterocycles. The summed E-state index contributed by atoms with van der Waals surface area (Å²) in [5, 5.41) is 0. The molecule has 0 atom stereocenters. The van der Waals surface area contributed by atoms with Gasteiger partial charge >= 0.3 is 0 Å². The van der Waals surface area contributed by atoms with Crippen molar-refractivity contribution in [2.24, 2.45) is 5.92 Å². The molecular formula is C14H26N2O. The third-order valence-electron chi connectivity index (χ3n) is 3.44. The molecule has 0 aliphatic carbocycles. The van der Waals surface area contributed by atoms with Crippen LogP contribution < -0.4 is 0 Å². The summed E-state index contributed by atoms with van der Waals surface area (Å²) in [5.41, 5.74) is 1.12. The Morgan fingerprint density at radius 2 is 1.94 bits per heavy atom. The van der Waals surface area contributed by atoms with Crippen LogP contribution in [0.25, 0.3) is 0 Å². The number of carbonyl (C=O) groups is 1. The average molecular weight is 238 g/mol. The van der Waals surface area contributed by atoms with Crippen molar-refractivity contribution in [2.75, 3.05) is 32.7 Å². The first-order valence-corrected chi connectivity index (χ1v) is 6.67. The van der Waals surface area contributed by atoms with Gasteiger partial charge in [-0.1, -0.05) is 26.0 Å². The lowest BCUT2D eigenvalue weighted by Crippen LogP contribution is -2.44. The number of nitrogens with zero attached hydrogens (tertiary/aromatic N) is 2. The van der Waals surface area contributed by atoms with Crippen molar-refractivity contribution in [2.45, 2.75) is 33.6 Å². The van der Waals surface area contributed by atoms with Gasteiger partial charge in [0.15, 0.2) is 0 Å². The number of rotatable bonds is 5. The largest absolute Gasteiger partial charge is 0.342 e. The third-order valence-corrected chi connectivity index (χ3v) is 3.44. The maximum atomic E-state index is 12.1. The molecule has 0 aromatic rings. The first-order valence-electron chi connectivity index (χ1n) is 6.67. The molecule has 0 bridgehead atoms. The Labute approximate surface area is 105 Å². The molecule has 0 radical (unpaired) electrons. The Morgan fingerprint density at radius 1 is 1.35 bits per heavy atom. The van der Waals surface area contributed by atoms with Gasteiger partial charge in [0.2, 0.25) is 5.91 Å². The summed E-state index contributed by atoms with van der Waals surface area (Å²) in [7, 11) is 0. The molecule has 0 aromatic carbocycles. The van der Waals surface area contributed by atoms with E-state index < -0.39 is 0 Å². The lowest BCUT2D eigenvalue weighted by atomic mass is 9.99. The summed E-state index contributed by atoms with van der Waals surface area (Å²) < 4.78 is 0. The van der Waals surface area contributed by atoms with Crippen molar-refractivity contribution in [3.63, 3.8) is 0 Å². The van der Waals surface area contributed by atoms with Crippen molar-refractivity contribution in [3.8, 4) is 0 Å². The first-order chi connectivity index (χ1) is 8.02. The van der Waals surface area contributed by atoms with E-state index in [2.05, 4.69) is 25.3 Å². The van der Waals surface area contributed by atoms with Gasteiger partial charge in [-0.25, -0.2) is 0 Å². The van der Waals surface area contributed by atoms with Crippen LogP contribution in [0, 0.1) is 5.92 Å². The van der Waals surface area contributed by atoms with Crippen LogP contribution in [0.4, 0.5) is 0 Å². The summed E-state index contributed by atoms with van der Waals surface area (Å²) in [5.74, 6) is 1.05. The number of hydrogen-bond donors (Lipinski definition) is 0. The van der Waals surface area contributed by atoms with E-state index in [1.54, 1.807) is 0 Å². The summed E-state index contributed by atoms with van der Waals surface area (Å²) in [6.07, 6.45) is 2.30. The predicted molar refractivity (Wildman–Crippen MR) is 71.9 cm³/mol. The molecular weight excluding hydrogens is 212 g/mol. The van der Waals surface area contributed by atoms with Crippen molar-refractivity contribution in [1.29, 1.82) is 0 Å². The number of piperidine rings is 1. The zero-order valence-electron chi connectivity index (χ0n) is 11.5. The summed E-state index contributed by atoms with van der Waals surface area (Å²) in [6.45, 7) is 14.4. The number of likely N-dealkylation sites (tertiary alicyclic amines) is 1. The molecule has 98 valence electrons. The van der Waals surface area contributed by atoms with E-state index in [0.717, 1.165) is 50.5 Å². The second-order valence-corrected chi connectivity index (χ2v) is 5.32. The van der Waals surface area contributed by atoms with Gasteiger partial charge in [-0.05, 0) is 32.2 Å². The average Bonchev–Trinajstić information content (AvgIpc) is 2.28. The minimum Gasteiger partial charge on any atom is -0.342 e. The van der Waals surface area contributed by atoms with Gasteiger partial charge < -0.3 is 4.90 Å². The Morgan fingerprint density at radius 3 is 2.41 bits per heavy atom. The number of likely N-dealkylation sites (N-methyl/N-ethyl adjacent to an activating group) is 1. The van der Waals surface area contributed by atoms with Crippen molar-refractivity contribution in [3.05, 3.63) is 12.2 Å². The van der Waals surface area contributed by atoms with E-state index in [-0.39, 0.29) is 5.91 Å². The zero-order chi connectivity index (χ0) is 12.8. The lowest BCUT2D eigenvalue weighted by Gasteiger charge is -2.32. The van der Waals surface area contributed by atoms with Gasteiger partial charge in [0.1, 0.15) is 0 Å². The number of carbonyl (C=O) groups excluding carboxylic acids is 1. The van der Waals surface area contributed by atoms with E-state index in [0.29, 0.717) is 6.54 Å². The lowest BCUT2D eigenvalue weighted by molar-refractivity contribution is -0.133. The van der Waals surface area contributed by atoms with Crippen LogP contribution in [0.2, 0.25) is 0 Å². The quantitative estimate of drug-likeness (QED) is 0.685. The predicted octanol–water partition coefficient (Wildman–Crippen LogP) is 2.14. The zero-order valence-corrected chi connectivity index (χ0v) is 11.5. The van der Waals surface area contributed by atoms with E-state index in [9.17, 15) is 4.79 Å². The number of amides is 1. The fourth-order valence-electron chi connectivity index (χ4n) is 2.21. The Bertz CT molecular complexity index is 267. The van der Waals surface area contributed by atoms with Crippen molar-refractivity contribution >= 4 is 5.91 Å². The minimum atomic E-state index is 0.278. The van der Waals surface area contributed by atoms with Crippen LogP contribution in [0.15, 0.2) is 12.2 Å². The highest BCUT2D eigenvalue weighted by atomic mass is 16.2. The van der Waals surface area contributed by atoms with Crippen LogP contribution >= 0.6 is 0 Å². The number of hydrogen-bond acceptors (Lipinski definition) is 2. The summed E-state index contributed by atoms with van der Waals surface area (Å²) >= 11 is 0. The van der Waals surface area contributed by atoms with Crippen LogP contribution in [0.3, 0.4) is 0 Å². The Balaban J connectivity index is 2.39. The molecule has 1 aliphatic rings. The molecule has 0 spiro atoms.